The van der Waals surface area contributed by atoms with E-state index in [1.807, 2.05) is 65.8 Å². The van der Waals surface area contributed by atoms with Crippen LogP contribution in [0.15, 0.2) is 97.3 Å². The van der Waals surface area contributed by atoms with Crippen LogP contribution in [0.2, 0.25) is 0 Å². The summed E-state index contributed by atoms with van der Waals surface area (Å²) in [7, 11) is -3.09. The lowest BCUT2D eigenvalue weighted by Crippen LogP contribution is -2.31. The Hall–Kier alpha value is -6.21. The second-order valence-corrected chi connectivity index (χ2v) is 22.8. The van der Waals surface area contributed by atoms with Crippen LogP contribution >= 0.6 is 22.6 Å². The average Bonchev–Trinajstić information content (AvgIpc) is 3.22. The number of methoxy groups -OCH3 is 2. The fourth-order valence-electron chi connectivity index (χ4n) is 6.65. The molecule has 4 aromatic carbocycles. The summed E-state index contributed by atoms with van der Waals surface area (Å²) in [6, 6.07) is 21.5. The lowest BCUT2D eigenvalue weighted by atomic mass is 9.84. The lowest BCUT2D eigenvalue weighted by molar-refractivity contribution is -0.126. The zero-order valence-electron chi connectivity index (χ0n) is 39.1. The van der Waals surface area contributed by atoms with Gasteiger partial charge in [-0.05, 0) is 112 Å². The number of amides is 2. The Kier molecular flexibility index (Phi) is 19.1. The highest BCUT2D eigenvalue weighted by Crippen LogP contribution is 2.39. The number of rotatable bonds is 8. The Morgan fingerprint density at radius 1 is 0.676 bits per heavy atom. The number of carbonyl (C=O) groups excluding carboxylic acids is 4. The van der Waals surface area contributed by atoms with Gasteiger partial charge in [0, 0.05) is 44.6 Å². The van der Waals surface area contributed by atoms with E-state index in [4.69, 9.17) is 15.9 Å². The highest BCUT2D eigenvalue weighted by molar-refractivity contribution is 14.1. The van der Waals surface area contributed by atoms with Crippen molar-refractivity contribution in [1.82, 2.24) is 0 Å². The summed E-state index contributed by atoms with van der Waals surface area (Å²) in [6.45, 7) is 12.3. The predicted octanol–water partition coefficient (Wildman–Crippen LogP) is 8.85. The Labute approximate surface area is 415 Å². The second-order valence-electron chi connectivity index (χ2n) is 17.6. The molecule has 0 radical (unpaired) electrons. The Bertz CT molecular complexity index is 2950. The van der Waals surface area contributed by atoms with Crippen molar-refractivity contribution in [3.8, 4) is 35.7 Å². The number of benzene rings is 4. The molecule has 0 spiro atoms. The molecular weight excluding hydrogens is 1020 g/mol. The van der Waals surface area contributed by atoms with Crippen LogP contribution in [0.4, 0.5) is 17.1 Å². The van der Waals surface area contributed by atoms with Crippen LogP contribution < -0.4 is 24.0 Å². The molecule has 2 heterocycles. The fourth-order valence-corrected chi connectivity index (χ4v) is 8.37. The third-order valence-corrected chi connectivity index (χ3v) is 11.9. The number of hydrogen-bond acceptors (Lipinski definition) is 10. The summed E-state index contributed by atoms with van der Waals surface area (Å²) >= 11 is 2.16. The van der Waals surface area contributed by atoms with Crippen molar-refractivity contribution in [2.24, 2.45) is 0 Å². The minimum atomic E-state index is -3.14. The van der Waals surface area contributed by atoms with Crippen LogP contribution in [-0.2, 0) is 55.6 Å². The van der Waals surface area contributed by atoms with Gasteiger partial charge in [0.1, 0.15) is 11.5 Å². The number of hydrogen-bond donors (Lipinski definition) is 1. The topological polar surface area (TPSA) is 174 Å². The molecule has 1 N–H and O–H groups in total. The molecule has 13 nitrogen and oxygen atoms in total. The van der Waals surface area contributed by atoms with E-state index in [1.165, 1.54) is 40.6 Å². The van der Waals surface area contributed by atoms with E-state index in [-0.39, 0.29) is 60.2 Å². The average molecular weight is 1080 g/mol. The van der Waals surface area contributed by atoms with Crippen LogP contribution in [0.25, 0.3) is 0 Å². The molecule has 0 fully saturated rings. The monoisotopic (exact) mass is 1080 g/mol. The minimum absolute atomic E-state index is 0. The van der Waals surface area contributed by atoms with Gasteiger partial charge < -0.3 is 9.47 Å². The van der Waals surface area contributed by atoms with Crippen LogP contribution in [0, 0.1) is 27.8 Å². The van der Waals surface area contributed by atoms with E-state index < -0.39 is 19.9 Å². The van der Waals surface area contributed by atoms with Crippen LogP contribution in [0.3, 0.4) is 0 Å². The van der Waals surface area contributed by atoms with Gasteiger partial charge in [0.15, 0.2) is 21.4 Å². The van der Waals surface area contributed by atoms with Gasteiger partial charge in [-0.3, -0.25) is 33.7 Å². The number of anilines is 3. The zero-order chi connectivity index (χ0) is 50.1. The largest absolute Gasteiger partial charge is 0.495 e. The number of nitrogens with one attached hydrogen (secondary N) is 1. The first-order chi connectivity index (χ1) is 31.1. The second kappa shape index (κ2) is 23.2. The van der Waals surface area contributed by atoms with E-state index in [9.17, 15) is 36.0 Å². The summed E-state index contributed by atoms with van der Waals surface area (Å²) in [5.41, 5.74) is 5.77. The number of allylic oxidation sites excluding steroid dienone is 2. The summed E-state index contributed by atoms with van der Waals surface area (Å²) in [4.78, 5) is 50.4. The Morgan fingerprint density at radius 2 is 1.12 bits per heavy atom. The zero-order valence-corrected chi connectivity index (χ0v) is 42.9. The van der Waals surface area contributed by atoms with E-state index in [0.29, 0.717) is 45.3 Å². The normalized spacial score (nSPS) is 13.7. The molecule has 0 unspecified atom stereocenters. The van der Waals surface area contributed by atoms with Crippen molar-refractivity contribution in [3.63, 3.8) is 0 Å². The number of ether oxygens (including phenoxy) is 2. The number of sulfonamides is 1. The number of ketones is 2. The maximum atomic E-state index is 12.5. The molecule has 4 aromatic rings. The molecule has 0 aliphatic carbocycles. The number of terminal acetylenes is 1. The summed E-state index contributed by atoms with van der Waals surface area (Å²) in [6.07, 6.45) is 13.4. The van der Waals surface area contributed by atoms with Gasteiger partial charge in [0.25, 0.3) is 0 Å². The molecule has 360 valence electrons. The summed E-state index contributed by atoms with van der Waals surface area (Å²) in [5.74, 6) is 9.11. The SMILES string of the molecule is C.C#Cc1cc(N2C=CC(=O)CC2=O)cc(C(C)(C)C)c1OC.COc1c(C#Cc2ccc(CS(C)(=O)=O)cc2)cc(N2C=CC(=O)CC2=O)cc1C(C)(C)C.CS(=O)(=O)Nc1ccc(I)cc1. The molecule has 0 atom stereocenters. The predicted molar refractivity (Wildman–Crippen MR) is 279 cm³/mol. The smallest absolute Gasteiger partial charge is 0.238 e. The van der Waals surface area contributed by atoms with Gasteiger partial charge in [-0.1, -0.05) is 78.9 Å². The Morgan fingerprint density at radius 3 is 1.50 bits per heavy atom. The third-order valence-electron chi connectivity index (χ3n) is 9.76. The molecule has 6 rings (SSSR count). The number of sulfone groups is 1. The Balaban J connectivity index is 0.000000300. The van der Waals surface area contributed by atoms with Crippen LogP contribution in [0.5, 0.6) is 11.5 Å². The third kappa shape index (κ3) is 16.2. The molecule has 0 bridgehead atoms. The first-order valence-electron chi connectivity index (χ1n) is 20.6. The van der Waals surface area contributed by atoms with Gasteiger partial charge in [0.2, 0.25) is 21.8 Å². The van der Waals surface area contributed by atoms with Gasteiger partial charge >= 0.3 is 0 Å². The molecular formula is C52H58IN3O10S2. The van der Waals surface area contributed by atoms with Crippen molar-refractivity contribution < 1.29 is 45.5 Å². The maximum absolute atomic E-state index is 12.5. The fraction of sp³-hybridized carbons (Fsp3) is 0.308. The highest BCUT2D eigenvalue weighted by Gasteiger charge is 2.28. The van der Waals surface area contributed by atoms with Crippen molar-refractivity contribution >= 4 is 82.9 Å². The number of halogens is 1. The standard InChI is InChI=1S/C26H27NO5S.C18H19NO3.C7H8INO2S.CH4/c1-26(2,3)23-15-21(27-13-12-22(28)16-24(27)29)14-20(25(23)32-4)11-10-18-6-8-19(9-7-18)17-33(5,30)31;1-6-12-9-13(19-8-7-14(20)11-16(19)21)10-15(17(12)22-5)18(2,3)4;1-12(10,11)9-7-4-2-6(8)3-5-7;/h6-9,12-15H,16-17H2,1-5H3;1,7-10H,11H2,2-5H3;2-5,9H,1H3;1H4. The highest BCUT2D eigenvalue weighted by atomic mass is 127. The van der Waals surface area contributed by atoms with Crippen molar-refractivity contribution in [2.45, 2.75) is 78.4 Å². The molecule has 16 heteroatoms. The van der Waals surface area contributed by atoms with Crippen molar-refractivity contribution in [2.75, 3.05) is 41.3 Å². The van der Waals surface area contributed by atoms with Gasteiger partial charge in [-0.2, -0.15) is 0 Å². The molecule has 0 saturated carbocycles. The van der Waals surface area contributed by atoms with Crippen molar-refractivity contribution in [3.05, 3.63) is 134 Å². The minimum Gasteiger partial charge on any atom is -0.495 e. The lowest BCUT2D eigenvalue weighted by Gasteiger charge is -2.27. The first kappa shape index (κ1) is 56.1. The number of carbonyl (C=O) groups is 4. The van der Waals surface area contributed by atoms with Crippen LogP contribution in [0.1, 0.15) is 95.2 Å². The van der Waals surface area contributed by atoms with E-state index in [2.05, 4.69) is 45.1 Å². The van der Waals surface area contributed by atoms with Gasteiger partial charge in [0.05, 0.1) is 61.6 Å². The summed E-state index contributed by atoms with van der Waals surface area (Å²) < 4.78 is 59.1. The molecule has 0 saturated heterocycles. The van der Waals surface area contributed by atoms with E-state index in [1.54, 1.807) is 62.8 Å². The van der Waals surface area contributed by atoms with Crippen LogP contribution in [-0.4, -0.2) is 66.9 Å². The molecule has 2 aliphatic heterocycles. The van der Waals surface area contributed by atoms with E-state index >= 15 is 0 Å². The van der Waals surface area contributed by atoms with Gasteiger partial charge in [-0.25, -0.2) is 16.8 Å². The summed E-state index contributed by atoms with van der Waals surface area (Å²) in [5, 5.41) is 0. The quantitative estimate of drug-likeness (QED) is 0.102. The number of nitrogens with zero attached hydrogens (tertiary/aromatic N) is 2. The van der Waals surface area contributed by atoms with Gasteiger partial charge in [-0.15, -0.1) is 6.42 Å². The maximum Gasteiger partial charge on any atom is 0.238 e. The first-order valence-corrected chi connectivity index (χ1v) is 25.7. The molecule has 0 aromatic heterocycles. The van der Waals surface area contributed by atoms with E-state index in [0.717, 1.165) is 26.5 Å². The van der Waals surface area contributed by atoms with Crippen molar-refractivity contribution in [1.29, 1.82) is 0 Å². The molecule has 2 amide bonds. The molecule has 2 aliphatic rings. The molecule has 68 heavy (non-hydrogen) atoms.